The fourth-order valence-electron chi connectivity index (χ4n) is 2.32. The number of alkyl halides is 3. The Hall–Kier alpha value is -2.51. The summed E-state index contributed by atoms with van der Waals surface area (Å²) in [6.45, 7) is 6.11. The van der Waals surface area contributed by atoms with Gasteiger partial charge in [0.2, 0.25) is 5.88 Å². The van der Waals surface area contributed by atoms with Crippen molar-refractivity contribution in [3.8, 4) is 0 Å². The van der Waals surface area contributed by atoms with Crippen molar-refractivity contribution >= 4 is 11.9 Å². The normalized spacial score (nSPS) is 13.4. The van der Waals surface area contributed by atoms with Gasteiger partial charge in [0, 0.05) is 6.07 Å². The molecule has 2 aromatic rings. The Morgan fingerprint density at radius 1 is 1.20 bits per heavy atom. The topological polar surface area (TPSA) is 67.2 Å². The maximum atomic E-state index is 12.5. The highest BCUT2D eigenvalue weighted by Crippen LogP contribution is 2.31. The van der Waals surface area contributed by atoms with Gasteiger partial charge in [-0.05, 0) is 17.4 Å². The lowest BCUT2D eigenvalue weighted by atomic mass is 9.85. The average molecular weight is 355 g/mol. The fraction of sp³-hybridized carbons (Fsp3) is 0.412. The summed E-state index contributed by atoms with van der Waals surface area (Å²) in [7, 11) is 0. The number of carbonyl (C=O) groups excluding carboxylic acids is 1. The summed E-state index contributed by atoms with van der Waals surface area (Å²) in [4.78, 5) is 12.1. The molecule has 5 nitrogen and oxygen atoms in total. The molecule has 0 saturated carbocycles. The van der Waals surface area contributed by atoms with Crippen LogP contribution in [-0.4, -0.2) is 11.2 Å². The molecule has 0 aliphatic rings. The van der Waals surface area contributed by atoms with Crippen LogP contribution in [0.1, 0.15) is 44.5 Å². The molecule has 0 spiro atoms. The number of urea groups is 1. The van der Waals surface area contributed by atoms with Crippen molar-refractivity contribution in [2.45, 2.75) is 39.4 Å². The van der Waals surface area contributed by atoms with E-state index < -0.39 is 17.9 Å². The Kier molecular flexibility index (Phi) is 5.39. The Balaban J connectivity index is 2.08. The van der Waals surface area contributed by atoms with Crippen molar-refractivity contribution in [3.05, 3.63) is 47.7 Å². The van der Waals surface area contributed by atoms with E-state index in [0.717, 1.165) is 5.56 Å². The second-order valence-corrected chi connectivity index (χ2v) is 6.90. The molecule has 0 radical (unpaired) electrons. The minimum absolute atomic E-state index is 0.0660. The van der Waals surface area contributed by atoms with Crippen LogP contribution < -0.4 is 10.6 Å². The van der Waals surface area contributed by atoms with Gasteiger partial charge in [-0.1, -0.05) is 56.3 Å². The van der Waals surface area contributed by atoms with E-state index in [1.807, 2.05) is 51.1 Å². The number of amides is 2. The zero-order valence-electron chi connectivity index (χ0n) is 14.1. The molecule has 136 valence electrons. The van der Waals surface area contributed by atoms with Gasteiger partial charge >= 0.3 is 12.2 Å². The molecule has 2 N–H and O–H groups in total. The van der Waals surface area contributed by atoms with Crippen LogP contribution in [-0.2, 0) is 6.18 Å². The van der Waals surface area contributed by atoms with E-state index in [-0.39, 0.29) is 17.3 Å². The standard InChI is InChI=1S/C17H20F3N3O2/c1-16(2,3)10-12(11-7-5-4-6-8-11)21-15(24)22-14-9-13(23-25-14)17(18,19)20/h4-9,12H,10H2,1-3H3,(H2,21,22,24). The van der Waals surface area contributed by atoms with Gasteiger partial charge in [-0.3, -0.25) is 5.32 Å². The molecule has 0 aliphatic heterocycles. The highest BCUT2D eigenvalue weighted by molar-refractivity contribution is 5.88. The van der Waals surface area contributed by atoms with Crippen molar-refractivity contribution in [2.24, 2.45) is 5.41 Å². The van der Waals surface area contributed by atoms with Gasteiger partial charge in [0.15, 0.2) is 5.69 Å². The van der Waals surface area contributed by atoms with Gasteiger partial charge in [0.05, 0.1) is 6.04 Å². The number of hydrogen-bond acceptors (Lipinski definition) is 3. The van der Waals surface area contributed by atoms with Crippen LogP contribution in [0.15, 0.2) is 40.9 Å². The Morgan fingerprint density at radius 3 is 2.36 bits per heavy atom. The molecule has 1 unspecified atom stereocenters. The summed E-state index contributed by atoms with van der Waals surface area (Å²) in [5.74, 6) is -0.368. The van der Waals surface area contributed by atoms with Crippen LogP contribution in [0, 0.1) is 5.41 Å². The maximum Gasteiger partial charge on any atom is 0.436 e. The molecule has 0 aliphatic carbocycles. The molecular weight excluding hydrogens is 335 g/mol. The highest BCUT2D eigenvalue weighted by atomic mass is 19.4. The van der Waals surface area contributed by atoms with E-state index in [9.17, 15) is 18.0 Å². The molecule has 25 heavy (non-hydrogen) atoms. The van der Waals surface area contributed by atoms with Gasteiger partial charge < -0.3 is 9.84 Å². The first kappa shape index (κ1) is 18.8. The van der Waals surface area contributed by atoms with E-state index >= 15 is 0 Å². The Labute approximate surface area is 143 Å². The second-order valence-electron chi connectivity index (χ2n) is 6.90. The smallest absolute Gasteiger partial charge is 0.338 e. The first-order valence-corrected chi connectivity index (χ1v) is 7.71. The molecule has 0 fully saturated rings. The number of aromatic nitrogens is 1. The third-order valence-corrected chi connectivity index (χ3v) is 3.36. The summed E-state index contributed by atoms with van der Waals surface area (Å²) in [5.41, 5.74) is -0.359. The van der Waals surface area contributed by atoms with Crippen LogP contribution in [0.25, 0.3) is 0 Å². The first-order valence-electron chi connectivity index (χ1n) is 7.71. The van der Waals surface area contributed by atoms with Crippen molar-refractivity contribution in [3.63, 3.8) is 0 Å². The zero-order valence-corrected chi connectivity index (χ0v) is 14.1. The summed E-state index contributed by atoms with van der Waals surface area (Å²) < 4.78 is 42.0. The number of benzene rings is 1. The zero-order chi connectivity index (χ0) is 18.7. The molecular formula is C17H20F3N3O2. The van der Waals surface area contributed by atoms with E-state index in [1.165, 1.54) is 0 Å². The predicted molar refractivity (Wildman–Crippen MR) is 86.9 cm³/mol. The summed E-state index contributed by atoms with van der Waals surface area (Å²) in [5, 5.41) is 7.90. The van der Waals surface area contributed by atoms with E-state index in [4.69, 9.17) is 0 Å². The highest BCUT2D eigenvalue weighted by Gasteiger charge is 2.35. The molecule has 1 aromatic heterocycles. The van der Waals surface area contributed by atoms with E-state index in [0.29, 0.717) is 12.5 Å². The van der Waals surface area contributed by atoms with Gasteiger partial charge in [0.1, 0.15) is 0 Å². The van der Waals surface area contributed by atoms with Gasteiger partial charge in [-0.2, -0.15) is 13.2 Å². The minimum Gasteiger partial charge on any atom is -0.338 e. The lowest BCUT2D eigenvalue weighted by Gasteiger charge is -2.27. The first-order chi connectivity index (χ1) is 11.5. The Bertz CT molecular complexity index is 706. The monoisotopic (exact) mass is 355 g/mol. The summed E-state index contributed by atoms with van der Waals surface area (Å²) in [6.07, 6.45) is -3.98. The van der Waals surface area contributed by atoms with Gasteiger partial charge in [-0.25, -0.2) is 4.79 Å². The number of anilines is 1. The van der Waals surface area contributed by atoms with Crippen molar-refractivity contribution in [2.75, 3.05) is 5.32 Å². The maximum absolute atomic E-state index is 12.5. The SMILES string of the molecule is CC(C)(C)CC(NC(=O)Nc1cc(C(F)(F)F)no1)c1ccccc1. The van der Waals surface area contributed by atoms with Crippen LogP contribution in [0.4, 0.5) is 23.8 Å². The number of nitrogens with zero attached hydrogens (tertiary/aromatic N) is 1. The second kappa shape index (κ2) is 7.16. The third-order valence-electron chi connectivity index (χ3n) is 3.36. The summed E-state index contributed by atoms with van der Waals surface area (Å²) in [6, 6.07) is 9.02. The molecule has 2 amide bonds. The number of carbonyl (C=O) groups is 1. The molecule has 8 heteroatoms. The molecule has 1 heterocycles. The summed E-state index contributed by atoms with van der Waals surface area (Å²) >= 11 is 0. The van der Waals surface area contributed by atoms with Crippen LogP contribution >= 0.6 is 0 Å². The molecule has 2 rings (SSSR count). The average Bonchev–Trinajstić information content (AvgIpc) is 2.94. The number of halogens is 3. The van der Waals surface area contributed by atoms with E-state index in [2.05, 4.69) is 20.3 Å². The number of hydrogen-bond donors (Lipinski definition) is 2. The van der Waals surface area contributed by atoms with Crippen LogP contribution in [0.3, 0.4) is 0 Å². The lowest BCUT2D eigenvalue weighted by Crippen LogP contribution is -2.34. The fourth-order valence-corrected chi connectivity index (χ4v) is 2.32. The van der Waals surface area contributed by atoms with E-state index in [1.54, 1.807) is 0 Å². The number of nitrogens with one attached hydrogen (secondary N) is 2. The van der Waals surface area contributed by atoms with Crippen molar-refractivity contribution in [1.82, 2.24) is 10.5 Å². The largest absolute Gasteiger partial charge is 0.436 e. The van der Waals surface area contributed by atoms with Gasteiger partial charge in [-0.15, -0.1) is 0 Å². The predicted octanol–water partition coefficient (Wildman–Crippen LogP) is 4.99. The molecule has 0 saturated heterocycles. The van der Waals surface area contributed by atoms with Crippen molar-refractivity contribution in [1.29, 1.82) is 0 Å². The number of rotatable bonds is 4. The third kappa shape index (κ3) is 5.81. The van der Waals surface area contributed by atoms with Crippen LogP contribution in [0.5, 0.6) is 0 Å². The van der Waals surface area contributed by atoms with Crippen LogP contribution in [0.2, 0.25) is 0 Å². The molecule has 1 aromatic carbocycles. The quantitative estimate of drug-likeness (QED) is 0.812. The van der Waals surface area contributed by atoms with Gasteiger partial charge in [0.25, 0.3) is 0 Å². The lowest BCUT2D eigenvalue weighted by molar-refractivity contribution is -0.142. The Morgan fingerprint density at radius 2 is 1.84 bits per heavy atom. The van der Waals surface area contributed by atoms with Crippen molar-refractivity contribution < 1.29 is 22.5 Å². The molecule has 1 atom stereocenters. The minimum atomic E-state index is -4.63. The molecule has 0 bridgehead atoms.